The molecule has 2 aliphatic carbocycles. The SMILES string of the molecule is CC1CC(C(=O)NCCCc2cn(CCCn3ccc4cc(N)ccc43)nn2)CC(OC2OC(CO)C(O)C(OC(CC3CCCCC3)C(=O)O)C2OC(=O)c2ccccc2)C1OC1OC(C)C(O)C(O)C1O. The number of carboxylic acid groups (broad SMARTS) is 1. The van der Waals surface area contributed by atoms with Gasteiger partial charge >= 0.3 is 11.9 Å². The highest BCUT2D eigenvalue weighted by Crippen LogP contribution is 2.39. The lowest BCUT2D eigenvalue weighted by atomic mass is 9.77. The highest BCUT2D eigenvalue weighted by molar-refractivity contribution is 5.89. The van der Waals surface area contributed by atoms with Crippen LogP contribution in [0.15, 0.2) is 67.0 Å². The van der Waals surface area contributed by atoms with E-state index >= 15 is 0 Å². The van der Waals surface area contributed by atoms with Crippen LogP contribution >= 0.6 is 0 Å². The van der Waals surface area contributed by atoms with Crippen LogP contribution in [-0.2, 0) is 57.5 Å². The zero-order valence-electron chi connectivity index (χ0n) is 41.4. The van der Waals surface area contributed by atoms with Gasteiger partial charge in [-0.2, -0.15) is 0 Å². The largest absolute Gasteiger partial charge is 0.479 e. The van der Waals surface area contributed by atoms with Crippen molar-refractivity contribution in [1.82, 2.24) is 24.9 Å². The second-order valence-electron chi connectivity index (χ2n) is 20.3. The molecular weight excluding hydrogens is 949 g/mol. The number of esters is 1. The average Bonchev–Trinajstić information content (AvgIpc) is 4.02. The van der Waals surface area contributed by atoms with Gasteiger partial charge in [0.1, 0.15) is 36.6 Å². The number of anilines is 1. The van der Waals surface area contributed by atoms with Gasteiger partial charge in [-0.1, -0.05) is 62.4 Å². The molecule has 9 N–H and O–H groups in total. The van der Waals surface area contributed by atoms with Crippen LogP contribution in [0.3, 0.4) is 0 Å². The van der Waals surface area contributed by atoms with Crippen molar-refractivity contribution in [3.05, 3.63) is 78.2 Å². The lowest BCUT2D eigenvalue weighted by Crippen LogP contribution is -2.64. The van der Waals surface area contributed by atoms with Crippen LogP contribution in [0.1, 0.15) is 94.1 Å². The Balaban J connectivity index is 0.969. The summed E-state index contributed by atoms with van der Waals surface area (Å²) < 4.78 is 41.5. The number of nitrogens with two attached hydrogens (primary N) is 1. The van der Waals surface area contributed by atoms with Crippen molar-refractivity contribution in [2.24, 2.45) is 17.8 Å². The third-order valence-electron chi connectivity index (χ3n) is 14.9. The van der Waals surface area contributed by atoms with E-state index in [4.69, 9.17) is 34.2 Å². The number of nitrogens with one attached hydrogen (secondary N) is 1. The third-order valence-corrected chi connectivity index (χ3v) is 14.9. The topological polar surface area (TPSA) is 302 Å². The molecule has 21 nitrogen and oxygen atoms in total. The standard InChI is InChI=1S/C52H72N6O15/c1-29-23-34(48(64)54-19-9-15-36-27-58(56-55-36)21-10-20-57-22-18-33-25-35(53)16-17-37(33)57)26-38(45(29)73-51-44(63)43(62)41(60)30(2)68-51)70-52-47(72-50(67)32-13-7-4-8-14-32)46(42(61)40(28-59)71-52)69-39(49(65)66)24-31-11-5-3-6-12-31/h4,7-8,13-14,16-18,22,25,27,29-31,34,38-47,51-52,59-63H,3,5-6,9-12,15,19-21,23-24,26,28,53H2,1-2H3,(H,54,64)(H,65,66). The number of carbonyl (C=O) groups excluding carboxylic acids is 2. The molecule has 0 bridgehead atoms. The van der Waals surface area contributed by atoms with Crippen molar-refractivity contribution in [3.63, 3.8) is 0 Å². The average molecular weight is 1020 g/mol. The molecule has 73 heavy (non-hydrogen) atoms. The Bertz CT molecular complexity index is 2420. The van der Waals surface area contributed by atoms with E-state index in [2.05, 4.69) is 20.2 Å². The molecule has 15 atom stereocenters. The minimum Gasteiger partial charge on any atom is -0.479 e. The molecular formula is C52H72N6O15. The lowest BCUT2D eigenvalue weighted by Gasteiger charge is -2.48. The van der Waals surface area contributed by atoms with Gasteiger partial charge in [0.2, 0.25) is 5.91 Å². The van der Waals surface area contributed by atoms with Gasteiger partial charge in [0.25, 0.3) is 0 Å². The van der Waals surface area contributed by atoms with Crippen molar-refractivity contribution in [2.75, 3.05) is 18.9 Å². The normalized spacial score (nSPS) is 31.5. The number of nitrogens with zero attached hydrogens (tertiary/aromatic N) is 4. The van der Waals surface area contributed by atoms with Gasteiger partial charge in [0.05, 0.1) is 36.2 Å². The Morgan fingerprint density at radius 2 is 1.64 bits per heavy atom. The fourth-order valence-electron chi connectivity index (χ4n) is 10.8. The van der Waals surface area contributed by atoms with Gasteiger partial charge in [-0.05, 0) is 93.7 Å². The summed E-state index contributed by atoms with van der Waals surface area (Å²) in [5.41, 5.74) is 8.69. The minimum atomic E-state index is -1.69. The number of carboxylic acids is 1. The van der Waals surface area contributed by atoms with Crippen molar-refractivity contribution in [2.45, 2.75) is 177 Å². The van der Waals surface area contributed by atoms with Gasteiger partial charge in [0, 0.05) is 54.5 Å². The molecule has 400 valence electrons. The molecule has 4 fully saturated rings. The number of aryl methyl sites for hydroxylation is 3. The van der Waals surface area contributed by atoms with Crippen LogP contribution in [0, 0.1) is 17.8 Å². The van der Waals surface area contributed by atoms with Crippen LogP contribution < -0.4 is 11.1 Å². The summed E-state index contributed by atoms with van der Waals surface area (Å²) >= 11 is 0. The number of carbonyl (C=O) groups is 3. The summed E-state index contributed by atoms with van der Waals surface area (Å²) in [6.45, 7) is 4.35. The monoisotopic (exact) mass is 1020 g/mol. The number of aromatic nitrogens is 4. The molecule has 2 aliphatic heterocycles. The zero-order chi connectivity index (χ0) is 51.8. The predicted molar refractivity (Wildman–Crippen MR) is 261 cm³/mol. The van der Waals surface area contributed by atoms with E-state index in [0.29, 0.717) is 25.9 Å². The number of nitrogen functional groups attached to an aromatic ring is 1. The van der Waals surface area contributed by atoms with Crippen LogP contribution in [0.5, 0.6) is 0 Å². The summed E-state index contributed by atoms with van der Waals surface area (Å²) in [6.07, 6.45) is -7.73. The molecule has 0 spiro atoms. The number of rotatable bonds is 21. The quantitative estimate of drug-likeness (QED) is 0.0338. The van der Waals surface area contributed by atoms with Crippen LogP contribution in [0.25, 0.3) is 10.9 Å². The number of ether oxygens (including phenoxy) is 6. The van der Waals surface area contributed by atoms with Gasteiger partial charge < -0.3 is 74.7 Å². The molecule has 0 radical (unpaired) electrons. The second kappa shape index (κ2) is 25.0. The summed E-state index contributed by atoms with van der Waals surface area (Å²) in [5.74, 6) is -3.55. The fourth-order valence-corrected chi connectivity index (χ4v) is 10.8. The van der Waals surface area contributed by atoms with E-state index in [-0.39, 0.29) is 36.7 Å². The maximum Gasteiger partial charge on any atom is 0.338 e. The number of aliphatic carboxylic acids is 1. The van der Waals surface area contributed by atoms with E-state index in [1.54, 1.807) is 18.2 Å². The lowest BCUT2D eigenvalue weighted by molar-refractivity contribution is -0.349. The number of hydrogen-bond acceptors (Lipinski definition) is 17. The summed E-state index contributed by atoms with van der Waals surface area (Å²) in [7, 11) is 0. The van der Waals surface area contributed by atoms with E-state index in [9.17, 15) is 45.0 Å². The first kappa shape index (κ1) is 54.2. The van der Waals surface area contributed by atoms with Crippen LogP contribution in [0.4, 0.5) is 5.69 Å². The van der Waals surface area contributed by atoms with Crippen molar-refractivity contribution >= 4 is 34.4 Å². The molecule has 4 aromatic rings. The number of benzene rings is 2. The van der Waals surface area contributed by atoms with E-state index < -0.39 is 110 Å². The predicted octanol–water partition coefficient (Wildman–Crippen LogP) is 2.71. The van der Waals surface area contributed by atoms with E-state index in [1.165, 1.54) is 19.1 Å². The maximum atomic E-state index is 14.1. The third kappa shape index (κ3) is 13.4. The maximum absolute atomic E-state index is 14.1. The highest BCUT2D eigenvalue weighted by Gasteiger charge is 2.54. The summed E-state index contributed by atoms with van der Waals surface area (Å²) in [4.78, 5) is 40.8. The molecule has 4 heterocycles. The van der Waals surface area contributed by atoms with Crippen LogP contribution in [0.2, 0.25) is 0 Å². The summed E-state index contributed by atoms with van der Waals surface area (Å²) in [6, 6.07) is 15.9. The Morgan fingerprint density at radius 1 is 0.863 bits per heavy atom. The Hall–Kier alpha value is -5.07. The molecule has 4 aliphatic rings. The molecule has 1 amide bonds. The van der Waals surface area contributed by atoms with E-state index in [0.717, 1.165) is 67.4 Å². The molecule has 2 saturated carbocycles. The Kier molecular flexibility index (Phi) is 18.5. The Morgan fingerprint density at radius 3 is 2.40 bits per heavy atom. The van der Waals surface area contributed by atoms with Crippen molar-refractivity contribution < 1.29 is 73.4 Å². The van der Waals surface area contributed by atoms with Crippen molar-refractivity contribution in [3.8, 4) is 0 Å². The molecule has 2 saturated heterocycles. The molecule has 21 heteroatoms. The number of amides is 1. The van der Waals surface area contributed by atoms with Gasteiger partial charge in [-0.15, -0.1) is 5.10 Å². The molecule has 2 aromatic heterocycles. The number of aliphatic hydroxyl groups is 5. The smallest absolute Gasteiger partial charge is 0.338 e. The summed E-state index contributed by atoms with van der Waals surface area (Å²) in [5, 5.41) is 77.7. The van der Waals surface area contributed by atoms with Gasteiger partial charge in [-0.3, -0.25) is 9.48 Å². The van der Waals surface area contributed by atoms with Crippen molar-refractivity contribution in [1.29, 1.82) is 0 Å². The number of fused-ring (bicyclic) bond motifs is 1. The number of aliphatic hydroxyl groups excluding tert-OH is 5. The highest BCUT2D eigenvalue weighted by atomic mass is 16.7. The first-order valence-electron chi connectivity index (χ1n) is 25.8. The van der Waals surface area contributed by atoms with Crippen LogP contribution in [-0.4, -0.2) is 161 Å². The fraction of sp³-hybridized carbons (Fsp3) is 0.635. The zero-order valence-corrected chi connectivity index (χ0v) is 41.4. The first-order chi connectivity index (χ1) is 35.2. The number of hydrogen-bond donors (Lipinski definition) is 8. The molecule has 8 rings (SSSR count). The van der Waals surface area contributed by atoms with Gasteiger partial charge in [-0.25, -0.2) is 9.59 Å². The molecule has 2 aromatic carbocycles. The van der Waals surface area contributed by atoms with E-state index in [1.807, 2.05) is 48.3 Å². The first-order valence-corrected chi connectivity index (χ1v) is 25.8. The van der Waals surface area contributed by atoms with Gasteiger partial charge in [0.15, 0.2) is 24.8 Å². The molecule has 15 unspecified atom stereocenters. The Labute approximate surface area is 423 Å². The minimum absolute atomic E-state index is 0.0118. The second-order valence-corrected chi connectivity index (χ2v) is 20.3.